The Kier molecular flexibility index (Phi) is 2.29. The molecule has 1 saturated heterocycles. The second-order valence-corrected chi connectivity index (χ2v) is 3.31. The summed E-state index contributed by atoms with van der Waals surface area (Å²) in [6.45, 7) is 3.98. The van der Waals surface area contributed by atoms with Gasteiger partial charge in [0.15, 0.2) is 0 Å². The van der Waals surface area contributed by atoms with Gasteiger partial charge in [-0.25, -0.2) is 0 Å². The fourth-order valence-electron chi connectivity index (χ4n) is 1.31. The first kappa shape index (κ1) is 7.56. The minimum Gasteiger partial charge on any atom is -0.315 e. The first-order valence-corrected chi connectivity index (χ1v) is 3.89. The first-order chi connectivity index (χ1) is 4.77. The van der Waals surface area contributed by atoms with Gasteiger partial charge >= 0.3 is 0 Å². The Balaban J connectivity index is 2.51. The summed E-state index contributed by atoms with van der Waals surface area (Å²) in [6, 6.07) is 2.36. The van der Waals surface area contributed by atoms with Crippen molar-refractivity contribution in [2.45, 2.75) is 26.2 Å². The molecule has 1 rings (SSSR count). The fraction of sp³-hybridized carbons (Fsp3) is 0.875. The predicted octanol–water partition coefficient (Wildman–Crippen LogP) is 1.29. The molecule has 1 aliphatic rings. The number of nitrogens with zero attached hydrogens (tertiary/aromatic N) is 1. The van der Waals surface area contributed by atoms with Crippen LogP contribution in [0, 0.1) is 16.7 Å². The molecule has 0 bridgehead atoms. The van der Waals surface area contributed by atoms with E-state index in [0.717, 1.165) is 19.5 Å². The third kappa shape index (κ3) is 1.71. The lowest BCUT2D eigenvalue weighted by atomic mass is 9.88. The summed E-state index contributed by atoms with van der Waals surface area (Å²) >= 11 is 0. The lowest BCUT2D eigenvalue weighted by molar-refractivity contribution is 0.402. The van der Waals surface area contributed by atoms with Gasteiger partial charge in [-0.3, -0.25) is 0 Å². The van der Waals surface area contributed by atoms with E-state index < -0.39 is 0 Å². The van der Waals surface area contributed by atoms with Crippen LogP contribution in [-0.2, 0) is 0 Å². The van der Waals surface area contributed by atoms with Crippen molar-refractivity contribution < 1.29 is 0 Å². The molecular weight excluding hydrogens is 124 g/mol. The number of rotatable bonds is 0. The van der Waals surface area contributed by atoms with Crippen LogP contribution in [0.15, 0.2) is 0 Å². The summed E-state index contributed by atoms with van der Waals surface area (Å²) < 4.78 is 0. The van der Waals surface area contributed by atoms with Gasteiger partial charge < -0.3 is 5.32 Å². The Morgan fingerprint density at radius 2 is 2.30 bits per heavy atom. The van der Waals surface area contributed by atoms with Crippen molar-refractivity contribution in [2.75, 3.05) is 13.1 Å². The van der Waals surface area contributed by atoms with E-state index in [0.29, 0.717) is 0 Å². The molecule has 10 heavy (non-hydrogen) atoms. The summed E-state index contributed by atoms with van der Waals surface area (Å²) in [5, 5.41) is 12.1. The van der Waals surface area contributed by atoms with Crippen molar-refractivity contribution in [3.8, 4) is 6.07 Å². The minimum atomic E-state index is -0.101. The summed E-state index contributed by atoms with van der Waals surface area (Å²) in [7, 11) is 0. The van der Waals surface area contributed by atoms with Gasteiger partial charge in [-0.2, -0.15) is 5.26 Å². The van der Waals surface area contributed by atoms with Crippen molar-refractivity contribution in [1.82, 2.24) is 5.32 Å². The maximum atomic E-state index is 8.79. The van der Waals surface area contributed by atoms with E-state index in [1.165, 1.54) is 12.8 Å². The molecule has 2 heteroatoms. The second kappa shape index (κ2) is 3.03. The van der Waals surface area contributed by atoms with Crippen molar-refractivity contribution in [2.24, 2.45) is 5.41 Å². The summed E-state index contributed by atoms with van der Waals surface area (Å²) in [6.07, 6.45) is 3.46. The molecule has 1 fully saturated rings. The number of hydrogen-bond acceptors (Lipinski definition) is 2. The molecule has 0 radical (unpaired) electrons. The van der Waals surface area contributed by atoms with Gasteiger partial charge in [-0.1, -0.05) is 6.42 Å². The maximum absolute atomic E-state index is 8.79. The Labute approximate surface area is 62.2 Å². The van der Waals surface area contributed by atoms with Crippen LogP contribution in [0.1, 0.15) is 26.2 Å². The van der Waals surface area contributed by atoms with E-state index >= 15 is 0 Å². The highest BCUT2D eigenvalue weighted by atomic mass is 14.9. The van der Waals surface area contributed by atoms with Crippen LogP contribution in [0.5, 0.6) is 0 Å². The second-order valence-electron chi connectivity index (χ2n) is 3.31. The van der Waals surface area contributed by atoms with Crippen LogP contribution in [0.25, 0.3) is 0 Å². The molecule has 0 spiro atoms. The third-order valence-electron chi connectivity index (χ3n) is 2.12. The zero-order valence-corrected chi connectivity index (χ0v) is 6.48. The predicted molar refractivity (Wildman–Crippen MR) is 40.4 cm³/mol. The lowest BCUT2D eigenvalue weighted by Gasteiger charge is -2.17. The van der Waals surface area contributed by atoms with Gasteiger partial charge in [0.1, 0.15) is 0 Å². The summed E-state index contributed by atoms with van der Waals surface area (Å²) in [4.78, 5) is 0. The molecular formula is C8H14N2. The quantitative estimate of drug-likeness (QED) is 0.547. The molecule has 1 atom stereocenters. The lowest BCUT2D eigenvalue weighted by Crippen LogP contribution is -2.28. The third-order valence-corrected chi connectivity index (χ3v) is 2.12. The zero-order valence-electron chi connectivity index (χ0n) is 6.48. The fourth-order valence-corrected chi connectivity index (χ4v) is 1.31. The topological polar surface area (TPSA) is 35.8 Å². The van der Waals surface area contributed by atoms with Gasteiger partial charge in [-0.05, 0) is 26.3 Å². The molecule has 2 nitrogen and oxygen atoms in total. The van der Waals surface area contributed by atoms with E-state index in [2.05, 4.69) is 11.4 Å². The van der Waals surface area contributed by atoms with Gasteiger partial charge in [0, 0.05) is 6.54 Å². The van der Waals surface area contributed by atoms with Gasteiger partial charge in [-0.15, -0.1) is 0 Å². The molecule has 0 aromatic rings. The van der Waals surface area contributed by atoms with Crippen LogP contribution >= 0.6 is 0 Å². The van der Waals surface area contributed by atoms with Crippen LogP contribution in [0.4, 0.5) is 0 Å². The molecule has 0 amide bonds. The normalized spacial score (nSPS) is 34.4. The highest BCUT2D eigenvalue weighted by molar-refractivity contribution is 4.97. The van der Waals surface area contributed by atoms with Crippen molar-refractivity contribution in [1.29, 1.82) is 5.26 Å². The highest BCUT2D eigenvalue weighted by Crippen LogP contribution is 2.23. The standard InChI is InChI=1S/C8H14N2/c1-8(6-9)4-2-3-5-10-7-8/h10H,2-5,7H2,1H3. The molecule has 0 aromatic carbocycles. The number of hydrogen-bond donors (Lipinski definition) is 1. The Bertz CT molecular complexity index is 138. The van der Waals surface area contributed by atoms with Gasteiger partial charge in [0.2, 0.25) is 0 Å². The van der Waals surface area contributed by atoms with Crippen molar-refractivity contribution in [3.63, 3.8) is 0 Å². The molecule has 1 N–H and O–H groups in total. The van der Waals surface area contributed by atoms with Crippen LogP contribution < -0.4 is 5.32 Å². The number of nitrogens with one attached hydrogen (secondary N) is 1. The molecule has 1 unspecified atom stereocenters. The number of nitriles is 1. The zero-order chi connectivity index (χ0) is 7.45. The van der Waals surface area contributed by atoms with Crippen LogP contribution in [0.3, 0.4) is 0 Å². The van der Waals surface area contributed by atoms with E-state index in [1.54, 1.807) is 0 Å². The summed E-state index contributed by atoms with van der Waals surface area (Å²) in [5.74, 6) is 0. The van der Waals surface area contributed by atoms with E-state index in [4.69, 9.17) is 5.26 Å². The van der Waals surface area contributed by atoms with Gasteiger partial charge in [0.25, 0.3) is 0 Å². The highest BCUT2D eigenvalue weighted by Gasteiger charge is 2.24. The Morgan fingerprint density at radius 1 is 1.50 bits per heavy atom. The molecule has 1 aliphatic heterocycles. The molecule has 0 saturated carbocycles. The SMILES string of the molecule is CC1(C#N)CCCCNC1. The average molecular weight is 138 g/mol. The van der Waals surface area contributed by atoms with Crippen LogP contribution in [-0.4, -0.2) is 13.1 Å². The van der Waals surface area contributed by atoms with E-state index in [9.17, 15) is 0 Å². The largest absolute Gasteiger partial charge is 0.315 e. The molecule has 1 heterocycles. The molecule has 0 aliphatic carbocycles. The van der Waals surface area contributed by atoms with E-state index in [1.807, 2.05) is 6.92 Å². The Hall–Kier alpha value is -0.550. The maximum Gasteiger partial charge on any atom is 0.0700 e. The smallest absolute Gasteiger partial charge is 0.0700 e. The average Bonchev–Trinajstić information content (AvgIpc) is 2.15. The van der Waals surface area contributed by atoms with Crippen LogP contribution in [0.2, 0.25) is 0 Å². The van der Waals surface area contributed by atoms with Gasteiger partial charge in [0.05, 0.1) is 11.5 Å². The van der Waals surface area contributed by atoms with Crippen molar-refractivity contribution in [3.05, 3.63) is 0 Å². The summed E-state index contributed by atoms with van der Waals surface area (Å²) in [5.41, 5.74) is -0.101. The molecule has 0 aromatic heterocycles. The first-order valence-electron chi connectivity index (χ1n) is 3.89. The van der Waals surface area contributed by atoms with E-state index in [-0.39, 0.29) is 5.41 Å². The monoisotopic (exact) mass is 138 g/mol. The Morgan fingerprint density at radius 3 is 3.00 bits per heavy atom. The minimum absolute atomic E-state index is 0.101. The molecule has 56 valence electrons. The van der Waals surface area contributed by atoms with Crippen molar-refractivity contribution >= 4 is 0 Å².